The van der Waals surface area contributed by atoms with Crippen molar-refractivity contribution in [2.45, 2.75) is 45.7 Å². The Hall–Kier alpha value is -2.34. The number of hydrogen-bond acceptors (Lipinski definition) is 5. The van der Waals surface area contributed by atoms with Gasteiger partial charge >= 0.3 is 0 Å². The molecule has 0 radical (unpaired) electrons. The first kappa shape index (κ1) is 16.1. The molecule has 3 aromatic rings. The van der Waals surface area contributed by atoms with Crippen LogP contribution in [0.5, 0.6) is 0 Å². The SMILES string of the molecule is Cc1ccc(CN(C(=O)Cc2csc(-c3ccc(C)o3)n2)C2CC2)o1. The minimum absolute atomic E-state index is 0.101. The summed E-state index contributed by atoms with van der Waals surface area (Å²) in [7, 11) is 0. The third-order valence-electron chi connectivity index (χ3n) is 4.27. The van der Waals surface area contributed by atoms with Crippen molar-refractivity contribution in [3.8, 4) is 10.8 Å². The Labute approximate surface area is 150 Å². The van der Waals surface area contributed by atoms with Crippen LogP contribution >= 0.6 is 11.3 Å². The Morgan fingerprint density at radius 1 is 1.20 bits per heavy atom. The number of hydrogen-bond donors (Lipinski definition) is 0. The summed E-state index contributed by atoms with van der Waals surface area (Å²) < 4.78 is 11.2. The highest BCUT2D eigenvalue weighted by Crippen LogP contribution is 2.30. The van der Waals surface area contributed by atoms with Crippen molar-refractivity contribution in [3.05, 3.63) is 52.6 Å². The van der Waals surface area contributed by atoms with Crippen molar-refractivity contribution in [1.29, 1.82) is 0 Å². The van der Waals surface area contributed by atoms with Gasteiger partial charge in [-0.15, -0.1) is 11.3 Å². The molecular formula is C19H20N2O3S. The number of aryl methyl sites for hydroxylation is 2. The number of aromatic nitrogens is 1. The minimum atomic E-state index is 0.101. The quantitative estimate of drug-likeness (QED) is 0.659. The van der Waals surface area contributed by atoms with E-state index in [0.29, 0.717) is 19.0 Å². The molecule has 0 spiro atoms. The van der Waals surface area contributed by atoms with E-state index in [-0.39, 0.29) is 5.91 Å². The van der Waals surface area contributed by atoms with Crippen LogP contribution in [0, 0.1) is 13.8 Å². The molecule has 0 aliphatic heterocycles. The van der Waals surface area contributed by atoms with E-state index < -0.39 is 0 Å². The van der Waals surface area contributed by atoms with Crippen LogP contribution in [0.2, 0.25) is 0 Å². The highest BCUT2D eigenvalue weighted by molar-refractivity contribution is 7.13. The molecule has 0 aromatic carbocycles. The van der Waals surface area contributed by atoms with Gasteiger partial charge in [0.05, 0.1) is 18.7 Å². The molecule has 3 aromatic heterocycles. The third kappa shape index (κ3) is 3.69. The second-order valence-corrected chi connectivity index (χ2v) is 7.35. The monoisotopic (exact) mass is 356 g/mol. The Bertz CT molecular complexity index is 888. The average molecular weight is 356 g/mol. The van der Waals surface area contributed by atoms with Gasteiger partial charge in [0.2, 0.25) is 5.91 Å². The molecule has 5 nitrogen and oxygen atoms in total. The molecule has 4 rings (SSSR count). The topological polar surface area (TPSA) is 59.5 Å². The van der Waals surface area contributed by atoms with Crippen molar-refractivity contribution < 1.29 is 13.6 Å². The number of amides is 1. The van der Waals surface area contributed by atoms with Gasteiger partial charge in [-0.05, 0) is 51.0 Å². The number of carbonyl (C=O) groups is 1. The van der Waals surface area contributed by atoms with Crippen molar-refractivity contribution in [2.75, 3.05) is 0 Å². The highest BCUT2D eigenvalue weighted by Gasteiger charge is 2.33. The van der Waals surface area contributed by atoms with Crippen LogP contribution in [0.15, 0.2) is 38.5 Å². The zero-order valence-electron chi connectivity index (χ0n) is 14.3. The van der Waals surface area contributed by atoms with Crippen LogP contribution in [0.4, 0.5) is 0 Å². The average Bonchev–Trinajstić information content (AvgIpc) is 2.94. The molecule has 1 amide bonds. The van der Waals surface area contributed by atoms with Crippen LogP contribution < -0.4 is 0 Å². The second kappa shape index (κ2) is 6.52. The Balaban J connectivity index is 1.45. The molecule has 0 N–H and O–H groups in total. The number of thiazole rings is 1. The molecule has 0 bridgehead atoms. The fraction of sp³-hybridized carbons (Fsp3) is 0.368. The number of rotatable bonds is 6. The second-order valence-electron chi connectivity index (χ2n) is 6.50. The van der Waals surface area contributed by atoms with E-state index in [9.17, 15) is 4.79 Å². The summed E-state index contributed by atoms with van der Waals surface area (Å²) in [5, 5.41) is 2.75. The van der Waals surface area contributed by atoms with E-state index in [2.05, 4.69) is 4.98 Å². The van der Waals surface area contributed by atoms with E-state index in [1.165, 1.54) is 11.3 Å². The van der Waals surface area contributed by atoms with Gasteiger partial charge in [-0.1, -0.05) is 0 Å². The van der Waals surface area contributed by atoms with E-state index in [4.69, 9.17) is 8.83 Å². The van der Waals surface area contributed by atoms with Crippen LogP contribution in [-0.2, 0) is 17.8 Å². The summed E-state index contributed by atoms with van der Waals surface area (Å²) in [5.41, 5.74) is 0.792. The van der Waals surface area contributed by atoms with E-state index in [1.54, 1.807) is 0 Å². The molecule has 130 valence electrons. The largest absolute Gasteiger partial charge is 0.464 e. The van der Waals surface area contributed by atoms with Gasteiger partial charge in [-0.3, -0.25) is 4.79 Å². The molecule has 1 aliphatic carbocycles. The number of furan rings is 2. The smallest absolute Gasteiger partial charge is 0.229 e. The normalized spacial score (nSPS) is 14.0. The van der Waals surface area contributed by atoms with Crippen LogP contribution in [0.3, 0.4) is 0 Å². The standard InChI is InChI=1S/C19H20N2O3S/c1-12-3-7-16(23-12)10-21(15-5-6-15)18(22)9-14-11-25-19(20-14)17-8-4-13(2)24-17/h3-4,7-8,11,15H,5-6,9-10H2,1-2H3. The maximum Gasteiger partial charge on any atom is 0.229 e. The lowest BCUT2D eigenvalue weighted by molar-refractivity contribution is -0.132. The zero-order chi connectivity index (χ0) is 17.4. The molecule has 1 fully saturated rings. The molecule has 1 aliphatic rings. The number of nitrogens with zero attached hydrogens (tertiary/aromatic N) is 2. The molecule has 25 heavy (non-hydrogen) atoms. The Morgan fingerprint density at radius 2 is 1.96 bits per heavy atom. The van der Waals surface area contributed by atoms with E-state index in [0.717, 1.165) is 46.6 Å². The van der Waals surface area contributed by atoms with Gasteiger partial charge in [-0.2, -0.15) is 0 Å². The fourth-order valence-corrected chi connectivity index (χ4v) is 3.63. The summed E-state index contributed by atoms with van der Waals surface area (Å²) in [6.07, 6.45) is 2.45. The first-order valence-corrected chi connectivity index (χ1v) is 9.32. The zero-order valence-corrected chi connectivity index (χ0v) is 15.1. The highest BCUT2D eigenvalue weighted by atomic mass is 32.1. The van der Waals surface area contributed by atoms with Crippen LogP contribution in [-0.4, -0.2) is 21.8 Å². The van der Waals surface area contributed by atoms with Gasteiger partial charge in [0.25, 0.3) is 0 Å². The maximum atomic E-state index is 12.8. The molecule has 1 saturated carbocycles. The fourth-order valence-electron chi connectivity index (χ4n) is 2.85. The summed E-state index contributed by atoms with van der Waals surface area (Å²) in [4.78, 5) is 19.3. The predicted octanol–water partition coefficient (Wildman–Crippen LogP) is 4.35. The molecule has 0 unspecified atom stereocenters. The van der Waals surface area contributed by atoms with Crippen molar-refractivity contribution in [3.63, 3.8) is 0 Å². The lowest BCUT2D eigenvalue weighted by atomic mass is 10.2. The van der Waals surface area contributed by atoms with Gasteiger partial charge in [0.15, 0.2) is 10.8 Å². The van der Waals surface area contributed by atoms with Gasteiger partial charge < -0.3 is 13.7 Å². The van der Waals surface area contributed by atoms with Crippen LogP contribution in [0.1, 0.15) is 35.8 Å². The maximum absolute atomic E-state index is 12.8. The summed E-state index contributed by atoms with van der Waals surface area (Å²) in [6.45, 7) is 4.36. The van der Waals surface area contributed by atoms with E-state index >= 15 is 0 Å². The van der Waals surface area contributed by atoms with Gasteiger partial charge in [0, 0.05) is 11.4 Å². The number of carbonyl (C=O) groups excluding carboxylic acids is 1. The molecule has 0 saturated heterocycles. The predicted molar refractivity (Wildman–Crippen MR) is 95.3 cm³/mol. The van der Waals surface area contributed by atoms with E-state index in [1.807, 2.05) is 48.4 Å². The van der Waals surface area contributed by atoms with Crippen LogP contribution in [0.25, 0.3) is 10.8 Å². The Kier molecular flexibility index (Phi) is 4.21. The summed E-state index contributed by atoms with van der Waals surface area (Å²) in [6, 6.07) is 8.04. The van der Waals surface area contributed by atoms with Gasteiger partial charge in [0.1, 0.15) is 17.3 Å². The first-order valence-electron chi connectivity index (χ1n) is 8.44. The molecular weight excluding hydrogens is 336 g/mol. The summed E-state index contributed by atoms with van der Waals surface area (Å²) >= 11 is 1.51. The van der Waals surface area contributed by atoms with Crippen molar-refractivity contribution >= 4 is 17.2 Å². The Morgan fingerprint density at radius 3 is 2.60 bits per heavy atom. The lowest BCUT2D eigenvalue weighted by Crippen LogP contribution is -2.33. The van der Waals surface area contributed by atoms with Crippen molar-refractivity contribution in [2.24, 2.45) is 0 Å². The van der Waals surface area contributed by atoms with Gasteiger partial charge in [-0.25, -0.2) is 4.98 Å². The van der Waals surface area contributed by atoms with Crippen molar-refractivity contribution in [1.82, 2.24) is 9.88 Å². The summed E-state index contributed by atoms with van der Waals surface area (Å²) in [5.74, 6) is 3.42. The molecule has 3 heterocycles. The third-order valence-corrected chi connectivity index (χ3v) is 5.17. The minimum Gasteiger partial charge on any atom is -0.464 e. The molecule has 0 atom stereocenters. The molecule has 6 heteroatoms. The first-order chi connectivity index (χ1) is 12.1. The lowest BCUT2D eigenvalue weighted by Gasteiger charge is -2.20.